The van der Waals surface area contributed by atoms with Gasteiger partial charge >= 0.3 is 0 Å². The van der Waals surface area contributed by atoms with E-state index >= 15 is 0 Å². The molecule has 4 heteroatoms. The van der Waals surface area contributed by atoms with Crippen LogP contribution in [0, 0.1) is 5.92 Å². The maximum atomic E-state index is 12.2. The Morgan fingerprint density at radius 2 is 2.10 bits per heavy atom. The highest BCUT2D eigenvalue weighted by Gasteiger charge is 2.24. The molecule has 4 nitrogen and oxygen atoms in total. The van der Waals surface area contributed by atoms with Crippen molar-refractivity contribution >= 4 is 23.2 Å². The number of hydrogen-bond acceptors (Lipinski definition) is 2. The van der Waals surface area contributed by atoms with Gasteiger partial charge in [-0.3, -0.25) is 9.59 Å². The monoisotopic (exact) mass is 274 g/mol. The Bertz CT molecular complexity index is 523. The fourth-order valence-corrected chi connectivity index (χ4v) is 2.46. The van der Waals surface area contributed by atoms with Crippen molar-refractivity contribution < 1.29 is 9.59 Å². The molecule has 1 N–H and O–H groups in total. The highest BCUT2D eigenvalue weighted by atomic mass is 16.2. The van der Waals surface area contributed by atoms with Gasteiger partial charge in [0.25, 0.3) is 0 Å². The standard InChI is InChI=1S/C16H22N2O2/c1-4-15(19)17-13-7-8-14-12(10-13)6-5-9-18(14)16(20)11(2)3/h7-8,10-11H,4-6,9H2,1-3H3,(H,17,19). The van der Waals surface area contributed by atoms with E-state index in [9.17, 15) is 9.59 Å². The molecule has 20 heavy (non-hydrogen) atoms. The minimum atomic E-state index is 0.000390. The van der Waals surface area contributed by atoms with E-state index in [1.165, 1.54) is 0 Å². The number of nitrogens with one attached hydrogen (secondary N) is 1. The van der Waals surface area contributed by atoms with Crippen molar-refractivity contribution in [3.63, 3.8) is 0 Å². The van der Waals surface area contributed by atoms with Crippen LogP contribution in [0.2, 0.25) is 0 Å². The number of nitrogens with zero attached hydrogens (tertiary/aromatic N) is 1. The number of rotatable bonds is 3. The molecule has 0 atom stereocenters. The maximum absolute atomic E-state index is 12.2. The summed E-state index contributed by atoms with van der Waals surface area (Å²) in [5.74, 6) is 0.174. The topological polar surface area (TPSA) is 49.4 Å². The molecule has 0 radical (unpaired) electrons. The lowest BCUT2D eigenvalue weighted by atomic mass is 9.99. The van der Waals surface area contributed by atoms with E-state index in [4.69, 9.17) is 0 Å². The number of amides is 2. The van der Waals surface area contributed by atoms with Crippen LogP contribution in [0.5, 0.6) is 0 Å². The lowest BCUT2D eigenvalue weighted by Gasteiger charge is -2.31. The van der Waals surface area contributed by atoms with Gasteiger partial charge in [0.15, 0.2) is 0 Å². The van der Waals surface area contributed by atoms with Crippen LogP contribution in [-0.2, 0) is 16.0 Å². The largest absolute Gasteiger partial charge is 0.326 e. The second kappa shape index (κ2) is 6.07. The third kappa shape index (κ3) is 3.00. The van der Waals surface area contributed by atoms with Gasteiger partial charge in [-0.1, -0.05) is 20.8 Å². The molecule has 1 aromatic rings. The van der Waals surface area contributed by atoms with E-state index in [0.717, 1.165) is 36.3 Å². The third-order valence-corrected chi connectivity index (χ3v) is 3.56. The molecule has 0 saturated carbocycles. The zero-order valence-corrected chi connectivity index (χ0v) is 12.4. The summed E-state index contributed by atoms with van der Waals surface area (Å²) in [6, 6.07) is 5.81. The predicted molar refractivity (Wildman–Crippen MR) is 80.9 cm³/mol. The summed E-state index contributed by atoms with van der Waals surface area (Å²) in [6.45, 7) is 6.46. The molecule has 2 amide bonds. The molecule has 1 aliphatic rings. The Kier molecular flexibility index (Phi) is 4.42. The highest BCUT2D eigenvalue weighted by Crippen LogP contribution is 2.30. The van der Waals surface area contributed by atoms with Crippen LogP contribution in [0.4, 0.5) is 11.4 Å². The number of carbonyl (C=O) groups excluding carboxylic acids is 2. The lowest BCUT2D eigenvalue weighted by molar-refractivity contribution is -0.121. The van der Waals surface area contributed by atoms with Crippen LogP contribution in [0.1, 0.15) is 39.2 Å². The third-order valence-electron chi connectivity index (χ3n) is 3.56. The van der Waals surface area contributed by atoms with Crippen molar-refractivity contribution in [3.05, 3.63) is 23.8 Å². The highest BCUT2D eigenvalue weighted by molar-refractivity contribution is 5.96. The number of aryl methyl sites for hydroxylation is 1. The van der Waals surface area contributed by atoms with Gasteiger partial charge in [-0.05, 0) is 36.6 Å². The number of carbonyl (C=O) groups is 2. The van der Waals surface area contributed by atoms with Crippen molar-refractivity contribution in [2.45, 2.75) is 40.0 Å². The van der Waals surface area contributed by atoms with Crippen LogP contribution in [0.15, 0.2) is 18.2 Å². The minimum Gasteiger partial charge on any atom is -0.326 e. The van der Waals surface area contributed by atoms with E-state index in [2.05, 4.69) is 5.32 Å². The van der Waals surface area contributed by atoms with E-state index < -0.39 is 0 Å². The summed E-state index contributed by atoms with van der Waals surface area (Å²) in [6.07, 6.45) is 2.39. The van der Waals surface area contributed by atoms with Crippen molar-refractivity contribution in [2.24, 2.45) is 5.92 Å². The summed E-state index contributed by atoms with van der Waals surface area (Å²) in [4.78, 5) is 25.5. The first-order chi connectivity index (χ1) is 9.52. The van der Waals surface area contributed by atoms with Crippen molar-refractivity contribution in [3.8, 4) is 0 Å². The Morgan fingerprint density at radius 3 is 2.75 bits per heavy atom. The molecule has 0 fully saturated rings. The summed E-state index contributed by atoms with van der Waals surface area (Å²) in [7, 11) is 0. The fraction of sp³-hybridized carbons (Fsp3) is 0.500. The molecule has 0 saturated heterocycles. The molecule has 108 valence electrons. The Hall–Kier alpha value is -1.84. The van der Waals surface area contributed by atoms with Gasteiger partial charge in [0.1, 0.15) is 0 Å². The average molecular weight is 274 g/mol. The van der Waals surface area contributed by atoms with E-state index in [-0.39, 0.29) is 17.7 Å². The zero-order valence-electron chi connectivity index (χ0n) is 12.4. The maximum Gasteiger partial charge on any atom is 0.229 e. The molecular weight excluding hydrogens is 252 g/mol. The van der Waals surface area contributed by atoms with Crippen LogP contribution in [-0.4, -0.2) is 18.4 Å². The molecule has 0 unspecified atom stereocenters. The molecule has 1 heterocycles. The number of anilines is 2. The van der Waals surface area contributed by atoms with Gasteiger partial charge in [0.05, 0.1) is 0 Å². The summed E-state index contributed by atoms with van der Waals surface area (Å²) in [5, 5.41) is 2.87. The van der Waals surface area contributed by atoms with Crippen molar-refractivity contribution in [2.75, 3.05) is 16.8 Å². The summed E-state index contributed by atoms with van der Waals surface area (Å²) >= 11 is 0. The van der Waals surface area contributed by atoms with Crippen LogP contribution in [0.25, 0.3) is 0 Å². The summed E-state index contributed by atoms with van der Waals surface area (Å²) in [5.41, 5.74) is 2.94. The normalized spacial score (nSPS) is 14.1. The number of fused-ring (bicyclic) bond motifs is 1. The first-order valence-electron chi connectivity index (χ1n) is 7.27. The predicted octanol–water partition coefficient (Wildman–Crippen LogP) is 2.97. The second-order valence-electron chi connectivity index (χ2n) is 5.49. The first-order valence-corrected chi connectivity index (χ1v) is 7.27. The molecule has 0 aliphatic carbocycles. The van der Waals surface area contributed by atoms with E-state index in [1.807, 2.05) is 43.9 Å². The van der Waals surface area contributed by atoms with Gasteiger partial charge in [0, 0.05) is 30.3 Å². The zero-order chi connectivity index (χ0) is 14.7. The van der Waals surface area contributed by atoms with Gasteiger partial charge in [-0.2, -0.15) is 0 Å². The second-order valence-corrected chi connectivity index (χ2v) is 5.49. The SMILES string of the molecule is CCC(=O)Nc1ccc2c(c1)CCCN2C(=O)C(C)C. The van der Waals surface area contributed by atoms with Gasteiger partial charge < -0.3 is 10.2 Å². The quantitative estimate of drug-likeness (QED) is 0.921. The van der Waals surface area contributed by atoms with Crippen LogP contribution >= 0.6 is 0 Å². The Morgan fingerprint density at radius 1 is 1.35 bits per heavy atom. The minimum absolute atomic E-state index is 0.000390. The Balaban J connectivity index is 2.26. The lowest BCUT2D eigenvalue weighted by Crippen LogP contribution is -2.38. The smallest absolute Gasteiger partial charge is 0.229 e. The van der Waals surface area contributed by atoms with Gasteiger partial charge in [0.2, 0.25) is 11.8 Å². The molecule has 0 bridgehead atoms. The molecule has 1 aromatic carbocycles. The van der Waals surface area contributed by atoms with Crippen LogP contribution in [0.3, 0.4) is 0 Å². The molecule has 2 rings (SSSR count). The molecule has 1 aliphatic heterocycles. The van der Waals surface area contributed by atoms with Gasteiger partial charge in [-0.15, -0.1) is 0 Å². The molecular formula is C16H22N2O2. The molecule has 0 spiro atoms. The van der Waals surface area contributed by atoms with Crippen molar-refractivity contribution in [1.29, 1.82) is 0 Å². The number of benzene rings is 1. The van der Waals surface area contributed by atoms with E-state index in [0.29, 0.717) is 6.42 Å². The van der Waals surface area contributed by atoms with Crippen LogP contribution < -0.4 is 10.2 Å². The summed E-state index contributed by atoms with van der Waals surface area (Å²) < 4.78 is 0. The first kappa shape index (κ1) is 14.6. The molecule has 0 aromatic heterocycles. The number of hydrogen-bond donors (Lipinski definition) is 1. The van der Waals surface area contributed by atoms with Crippen molar-refractivity contribution in [1.82, 2.24) is 0 Å². The van der Waals surface area contributed by atoms with Gasteiger partial charge in [-0.25, -0.2) is 0 Å². The van der Waals surface area contributed by atoms with E-state index in [1.54, 1.807) is 0 Å². The average Bonchev–Trinajstić information content (AvgIpc) is 2.45. The fourth-order valence-electron chi connectivity index (χ4n) is 2.46. The Labute approximate surface area is 120 Å².